The highest BCUT2D eigenvalue weighted by Crippen LogP contribution is 2.15. The zero-order chi connectivity index (χ0) is 14.5. The lowest BCUT2D eigenvalue weighted by molar-refractivity contribution is 0.0199. The van der Waals surface area contributed by atoms with Crippen LogP contribution in [0.1, 0.15) is 40.5 Å². The molecule has 0 atom stereocenters. The van der Waals surface area contributed by atoms with Crippen LogP contribution < -0.4 is 5.32 Å². The molecule has 19 heavy (non-hydrogen) atoms. The van der Waals surface area contributed by atoms with Crippen molar-refractivity contribution in [3.63, 3.8) is 0 Å². The fraction of sp³-hybridized carbons (Fsp3) is 0.846. The van der Waals surface area contributed by atoms with Crippen molar-refractivity contribution in [1.29, 1.82) is 0 Å². The van der Waals surface area contributed by atoms with Gasteiger partial charge in [0, 0.05) is 19.1 Å². The number of rotatable bonds is 2. The third kappa shape index (κ3) is 5.81. The number of nitrogens with one attached hydrogen (secondary N) is 1. The molecule has 1 heterocycles. The van der Waals surface area contributed by atoms with Crippen molar-refractivity contribution in [2.45, 2.75) is 52.2 Å². The topological polar surface area (TPSA) is 67.9 Å². The van der Waals surface area contributed by atoms with Crippen LogP contribution in [0.25, 0.3) is 0 Å². The SMILES string of the molecule is CCOC(=O)NC1CCN(C(=O)OC(C)(C)C)CC1. The van der Waals surface area contributed by atoms with E-state index in [0.29, 0.717) is 19.7 Å². The molecule has 1 aliphatic rings. The van der Waals surface area contributed by atoms with E-state index in [0.717, 1.165) is 12.8 Å². The zero-order valence-corrected chi connectivity index (χ0v) is 12.2. The van der Waals surface area contributed by atoms with E-state index in [1.807, 2.05) is 20.8 Å². The van der Waals surface area contributed by atoms with Crippen LogP contribution in [0, 0.1) is 0 Å². The smallest absolute Gasteiger partial charge is 0.410 e. The first-order valence-electron chi connectivity index (χ1n) is 6.73. The van der Waals surface area contributed by atoms with E-state index in [-0.39, 0.29) is 12.1 Å². The summed E-state index contributed by atoms with van der Waals surface area (Å²) in [5, 5.41) is 2.79. The molecule has 0 unspecified atom stereocenters. The Kier molecular flexibility index (Phi) is 5.44. The molecule has 0 aromatic heterocycles. The summed E-state index contributed by atoms with van der Waals surface area (Å²) >= 11 is 0. The van der Waals surface area contributed by atoms with Gasteiger partial charge in [0.15, 0.2) is 0 Å². The minimum absolute atomic E-state index is 0.0673. The number of carbonyl (C=O) groups is 2. The van der Waals surface area contributed by atoms with Crippen molar-refractivity contribution < 1.29 is 19.1 Å². The van der Waals surface area contributed by atoms with Gasteiger partial charge in [-0.3, -0.25) is 0 Å². The monoisotopic (exact) mass is 272 g/mol. The number of likely N-dealkylation sites (tertiary alicyclic amines) is 1. The van der Waals surface area contributed by atoms with Gasteiger partial charge in [0.05, 0.1) is 6.61 Å². The average Bonchev–Trinajstić information content (AvgIpc) is 2.27. The Morgan fingerprint density at radius 3 is 2.32 bits per heavy atom. The minimum Gasteiger partial charge on any atom is -0.450 e. The molecule has 0 radical (unpaired) electrons. The standard InChI is InChI=1S/C13H24N2O4/c1-5-18-11(16)14-10-6-8-15(9-7-10)12(17)19-13(2,3)4/h10H,5-9H2,1-4H3,(H,14,16). The fourth-order valence-corrected chi connectivity index (χ4v) is 1.87. The summed E-state index contributed by atoms with van der Waals surface area (Å²) in [5.41, 5.74) is -0.475. The summed E-state index contributed by atoms with van der Waals surface area (Å²) < 4.78 is 10.1. The number of amides is 2. The second-order valence-corrected chi connectivity index (χ2v) is 5.61. The lowest BCUT2D eigenvalue weighted by Gasteiger charge is -2.33. The van der Waals surface area contributed by atoms with Crippen molar-refractivity contribution in [1.82, 2.24) is 10.2 Å². The first-order valence-corrected chi connectivity index (χ1v) is 6.73. The maximum Gasteiger partial charge on any atom is 0.410 e. The molecule has 1 rings (SSSR count). The van der Waals surface area contributed by atoms with Crippen LogP contribution >= 0.6 is 0 Å². The molecule has 1 N–H and O–H groups in total. The van der Waals surface area contributed by atoms with Crippen LogP contribution in [-0.4, -0.2) is 48.4 Å². The van der Waals surface area contributed by atoms with Crippen molar-refractivity contribution >= 4 is 12.2 Å². The lowest BCUT2D eigenvalue weighted by atomic mass is 10.1. The number of hydrogen-bond donors (Lipinski definition) is 1. The third-order valence-corrected chi connectivity index (χ3v) is 2.74. The second-order valence-electron chi connectivity index (χ2n) is 5.61. The molecule has 0 aromatic carbocycles. The van der Waals surface area contributed by atoms with Gasteiger partial charge < -0.3 is 19.7 Å². The van der Waals surface area contributed by atoms with Gasteiger partial charge in [-0.25, -0.2) is 9.59 Å². The van der Waals surface area contributed by atoms with Crippen molar-refractivity contribution in [2.75, 3.05) is 19.7 Å². The summed E-state index contributed by atoms with van der Waals surface area (Å²) in [4.78, 5) is 24.8. The van der Waals surface area contributed by atoms with E-state index in [2.05, 4.69) is 5.32 Å². The van der Waals surface area contributed by atoms with Gasteiger partial charge in [-0.05, 0) is 40.5 Å². The van der Waals surface area contributed by atoms with Crippen LogP contribution in [-0.2, 0) is 9.47 Å². The summed E-state index contributed by atoms with van der Waals surface area (Å²) in [5.74, 6) is 0. The molecule has 0 spiro atoms. The van der Waals surface area contributed by atoms with E-state index in [4.69, 9.17) is 9.47 Å². The highest BCUT2D eigenvalue weighted by molar-refractivity contribution is 5.69. The number of hydrogen-bond acceptors (Lipinski definition) is 4. The van der Waals surface area contributed by atoms with Gasteiger partial charge in [0.2, 0.25) is 0 Å². The molecule has 6 nitrogen and oxygen atoms in total. The number of piperidine rings is 1. The van der Waals surface area contributed by atoms with Crippen LogP contribution in [0.2, 0.25) is 0 Å². The third-order valence-electron chi connectivity index (χ3n) is 2.74. The minimum atomic E-state index is -0.475. The van der Waals surface area contributed by atoms with E-state index in [1.54, 1.807) is 11.8 Å². The Morgan fingerprint density at radius 1 is 1.26 bits per heavy atom. The van der Waals surface area contributed by atoms with Gasteiger partial charge in [-0.1, -0.05) is 0 Å². The number of carbonyl (C=O) groups excluding carboxylic acids is 2. The van der Waals surface area contributed by atoms with Crippen LogP contribution in [0.3, 0.4) is 0 Å². The molecular formula is C13H24N2O4. The molecule has 0 saturated carbocycles. The van der Waals surface area contributed by atoms with Crippen LogP contribution in [0.4, 0.5) is 9.59 Å². The maximum absolute atomic E-state index is 11.8. The molecule has 0 aliphatic carbocycles. The normalized spacial score (nSPS) is 16.9. The fourth-order valence-electron chi connectivity index (χ4n) is 1.87. The van der Waals surface area contributed by atoms with Gasteiger partial charge in [-0.2, -0.15) is 0 Å². The first-order chi connectivity index (χ1) is 8.81. The second kappa shape index (κ2) is 6.63. The predicted molar refractivity (Wildman–Crippen MR) is 71.0 cm³/mol. The van der Waals surface area contributed by atoms with Crippen molar-refractivity contribution in [3.05, 3.63) is 0 Å². The Hall–Kier alpha value is -1.46. The molecule has 0 bridgehead atoms. The molecular weight excluding hydrogens is 248 g/mol. The van der Waals surface area contributed by atoms with E-state index < -0.39 is 11.7 Å². The van der Waals surface area contributed by atoms with Crippen LogP contribution in [0.15, 0.2) is 0 Å². The number of alkyl carbamates (subject to hydrolysis) is 1. The van der Waals surface area contributed by atoms with E-state index >= 15 is 0 Å². The van der Waals surface area contributed by atoms with Gasteiger partial charge >= 0.3 is 12.2 Å². The first kappa shape index (κ1) is 15.6. The van der Waals surface area contributed by atoms with Crippen LogP contribution in [0.5, 0.6) is 0 Å². The molecule has 110 valence electrons. The quantitative estimate of drug-likeness (QED) is 0.836. The average molecular weight is 272 g/mol. The maximum atomic E-state index is 11.8. The Morgan fingerprint density at radius 2 is 1.84 bits per heavy atom. The highest BCUT2D eigenvalue weighted by atomic mass is 16.6. The zero-order valence-electron chi connectivity index (χ0n) is 12.2. The number of ether oxygens (including phenoxy) is 2. The lowest BCUT2D eigenvalue weighted by Crippen LogP contribution is -2.47. The Bertz CT molecular complexity index is 317. The van der Waals surface area contributed by atoms with Crippen molar-refractivity contribution in [3.8, 4) is 0 Å². The summed E-state index contributed by atoms with van der Waals surface area (Å²) in [6, 6.07) is 0.0673. The van der Waals surface area contributed by atoms with Crippen molar-refractivity contribution in [2.24, 2.45) is 0 Å². The molecule has 6 heteroatoms. The van der Waals surface area contributed by atoms with E-state index in [9.17, 15) is 9.59 Å². The van der Waals surface area contributed by atoms with Gasteiger partial charge in [0.25, 0.3) is 0 Å². The summed E-state index contributed by atoms with van der Waals surface area (Å²) in [7, 11) is 0. The molecule has 2 amide bonds. The Balaban J connectivity index is 2.32. The number of nitrogens with zero attached hydrogens (tertiary/aromatic N) is 1. The summed E-state index contributed by atoms with van der Waals surface area (Å²) in [6.45, 7) is 8.85. The molecule has 1 aliphatic heterocycles. The summed E-state index contributed by atoms with van der Waals surface area (Å²) in [6.07, 6.45) is 0.760. The highest BCUT2D eigenvalue weighted by Gasteiger charge is 2.27. The Labute approximate surface area is 114 Å². The van der Waals surface area contributed by atoms with Gasteiger partial charge in [0.1, 0.15) is 5.60 Å². The van der Waals surface area contributed by atoms with E-state index in [1.165, 1.54) is 0 Å². The molecule has 1 fully saturated rings. The molecule has 1 saturated heterocycles. The molecule has 0 aromatic rings. The largest absolute Gasteiger partial charge is 0.450 e. The predicted octanol–water partition coefficient (Wildman–Crippen LogP) is 2.13. The van der Waals surface area contributed by atoms with Gasteiger partial charge in [-0.15, -0.1) is 0 Å².